The first-order chi connectivity index (χ1) is 12.0. The molecule has 0 unspecified atom stereocenters. The summed E-state index contributed by atoms with van der Waals surface area (Å²) in [7, 11) is 1.58. The molecule has 3 aromatic rings. The second kappa shape index (κ2) is 7.69. The van der Waals surface area contributed by atoms with E-state index < -0.39 is 6.03 Å². The number of carbonyl (C=O) groups excluding carboxylic acids is 1. The number of benzene rings is 2. The first-order valence-corrected chi connectivity index (χ1v) is 8.63. The highest BCUT2D eigenvalue weighted by Gasteiger charge is 2.12. The molecule has 0 atom stereocenters. The van der Waals surface area contributed by atoms with E-state index in [-0.39, 0.29) is 0 Å². The van der Waals surface area contributed by atoms with Crippen LogP contribution in [0, 0.1) is 0 Å². The van der Waals surface area contributed by atoms with E-state index in [0.29, 0.717) is 37.2 Å². The Bertz CT molecular complexity index is 899. The Hall–Kier alpha value is -2.35. The lowest BCUT2D eigenvalue weighted by Gasteiger charge is -2.06. The van der Waals surface area contributed by atoms with Crippen LogP contribution in [0.25, 0.3) is 10.6 Å². The third-order valence-corrected chi connectivity index (χ3v) is 4.57. The van der Waals surface area contributed by atoms with Gasteiger partial charge in [-0.2, -0.15) is 0 Å². The van der Waals surface area contributed by atoms with Crippen LogP contribution < -0.4 is 15.4 Å². The molecule has 0 aliphatic rings. The molecular formula is C16H12Cl2N4O2S. The smallest absolute Gasteiger partial charge is 0.325 e. The summed E-state index contributed by atoms with van der Waals surface area (Å²) in [6.07, 6.45) is 0. The van der Waals surface area contributed by atoms with Gasteiger partial charge in [-0.1, -0.05) is 34.5 Å². The van der Waals surface area contributed by atoms with E-state index in [0.717, 1.165) is 0 Å². The van der Waals surface area contributed by atoms with Gasteiger partial charge in [0.1, 0.15) is 5.75 Å². The second-order valence-corrected chi connectivity index (χ2v) is 6.67. The fraction of sp³-hybridized carbons (Fsp3) is 0.0625. The fourth-order valence-electron chi connectivity index (χ4n) is 1.98. The monoisotopic (exact) mass is 394 g/mol. The number of urea groups is 1. The summed E-state index contributed by atoms with van der Waals surface area (Å²) in [6.45, 7) is 0. The van der Waals surface area contributed by atoms with E-state index in [4.69, 9.17) is 27.9 Å². The number of hydrogen-bond acceptors (Lipinski definition) is 5. The Kier molecular flexibility index (Phi) is 5.37. The molecule has 0 radical (unpaired) electrons. The Balaban J connectivity index is 1.67. The van der Waals surface area contributed by atoms with Crippen LogP contribution in [0.5, 0.6) is 5.75 Å². The van der Waals surface area contributed by atoms with Gasteiger partial charge in [-0.3, -0.25) is 5.32 Å². The molecule has 25 heavy (non-hydrogen) atoms. The molecular weight excluding hydrogens is 383 g/mol. The fourth-order valence-corrected chi connectivity index (χ4v) is 3.31. The number of ether oxygens (including phenoxy) is 1. The topological polar surface area (TPSA) is 76.1 Å². The molecule has 0 spiro atoms. The number of rotatable bonds is 4. The minimum absolute atomic E-state index is 0.354. The predicted molar refractivity (Wildman–Crippen MR) is 101 cm³/mol. The van der Waals surface area contributed by atoms with Crippen molar-refractivity contribution in [2.75, 3.05) is 17.7 Å². The molecule has 0 fully saturated rings. The highest BCUT2D eigenvalue weighted by molar-refractivity contribution is 7.18. The number of nitrogens with zero attached hydrogens (tertiary/aromatic N) is 2. The summed E-state index contributed by atoms with van der Waals surface area (Å²) in [6, 6.07) is 11.6. The minimum Gasteiger partial charge on any atom is -0.497 e. The Morgan fingerprint density at radius 3 is 2.52 bits per heavy atom. The zero-order chi connectivity index (χ0) is 17.8. The minimum atomic E-state index is -0.421. The molecule has 6 nitrogen and oxygen atoms in total. The lowest BCUT2D eigenvalue weighted by atomic mass is 10.2. The quantitative estimate of drug-likeness (QED) is 0.640. The van der Waals surface area contributed by atoms with Crippen LogP contribution in [0.3, 0.4) is 0 Å². The normalized spacial score (nSPS) is 10.4. The van der Waals surface area contributed by atoms with Crippen molar-refractivity contribution in [3.05, 3.63) is 52.5 Å². The molecule has 1 aromatic heterocycles. The van der Waals surface area contributed by atoms with Crippen molar-refractivity contribution >= 4 is 51.4 Å². The molecule has 2 aromatic carbocycles. The van der Waals surface area contributed by atoms with Crippen molar-refractivity contribution in [3.63, 3.8) is 0 Å². The van der Waals surface area contributed by atoms with Gasteiger partial charge in [0.25, 0.3) is 0 Å². The Morgan fingerprint density at radius 2 is 1.84 bits per heavy atom. The molecule has 9 heteroatoms. The van der Waals surface area contributed by atoms with Gasteiger partial charge >= 0.3 is 6.03 Å². The average molecular weight is 395 g/mol. The van der Waals surface area contributed by atoms with E-state index in [2.05, 4.69) is 20.8 Å². The van der Waals surface area contributed by atoms with Crippen LogP contribution >= 0.6 is 34.5 Å². The van der Waals surface area contributed by atoms with Gasteiger partial charge in [0, 0.05) is 16.3 Å². The molecule has 2 N–H and O–H groups in total. The molecule has 0 saturated carbocycles. The molecule has 1 heterocycles. The van der Waals surface area contributed by atoms with Crippen molar-refractivity contribution in [1.29, 1.82) is 0 Å². The maximum Gasteiger partial charge on any atom is 0.325 e. The third-order valence-electron chi connectivity index (χ3n) is 3.15. The number of methoxy groups -OCH3 is 1. The Morgan fingerprint density at radius 1 is 1.08 bits per heavy atom. The standard InChI is InChI=1S/C16H12Cl2N4O2S/c1-24-11-5-3-10(4-6-11)19-15(23)20-16-22-21-14(25-16)12-7-2-9(17)8-13(12)18/h2-8H,1H3,(H2,19,20,22,23). The van der Waals surface area contributed by atoms with Crippen molar-refractivity contribution in [1.82, 2.24) is 10.2 Å². The van der Waals surface area contributed by atoms with Gasteiger partial charge in [-0.25, -0.2) is 4.79 Å². The Labute approximate surface area is 157 Å². The van der Waals surface area contributed by atoms with Gasteiger partial charge in [0.2, 0.25) is 5.13 Å². The van der Waals surface area contributed by atoms with E-state index in [1.54, 1.807) is 49.6 Å². The van der Waals surface area contributed by atoms with Gasteiger partial charge < -0.3 is 10.1 Å². The van der Waals surface area contributed by atoms with Gasteiger partial charge in [-0.05, 0) is 42.5 Å². The maximum absolute atomic E-state index is 12.0. The van der Waals surface area contributed by atoms with Crippen molar-refractivity contribution in [2.24, 2.45) is 0 Å². The van der Waals surface area contributed by atoms with Crippen LogP contribution in [0.15, 0.2) is 42.5 Å². The second-order valence-electron chi connectivity index (χ2n) is 4.84. The van der Waals surface area contributed by atoms with Gasteiger partial charge in [-0.15, -0.1) is 10.2 Å². The van der Waals surface area contributed by atoms with Crippen molar-refractivity contribution in [2.45, 2.75) is 0 Å². The summed E-state index contributed by atoms with van der Waals surface area (Å²) in [5, 5.41) is 15.3. The zero-order valence-corrected chi connectivity index (χ0v) is 15.2. The number of carbonyl (C=O) groups is 1. The molecule has 0 aliphatic heterocycles. The number of halogens is 2. The maximum atomic E-state index is 12.0. The van der Waals surface area contributed by atoms with Gasteiger partial charge in [0.15, 0.2) is 5.01 Å². The number of amides is 2. The summed E-state index contributed by atoms with van der Waals surface area (Å²) >= 11 is 13.2. The third kappa shape index (κ3) is 4.39. The SMILES string of the molecule is COc1ccc(NC(=O)Nc2nnc(-c3ccc(Cl)cc3Cl)s2)cc1. The zero-order valence-electron chi connectivity index (χ0n) is 12.9. The molecule has 3 rings (SSSR count). The number of aromatic nitrogens is 2. The molecule has 2 amide bonds. The summed E-state index contributed by atoms with van der Waals surface area (Å²) in [5.41, 5.74) is 1.33. The van der Waals surface area contributed by atoms with E-state index in [1.807, 2.05) is 0 Å². The number of anilines is 2. The first-order valence-electron chi connectivity index (χ1n) is 7.06. The van der Waals surface area contributed by atoms with E-state index >= 15 is 0 Å². The largest absolute Gasteiger partial charge is 0.497 e. The van der Waals surface area contributed by atoms with Gasteiger partial charge in [0.05, 0.1) is 12.1 Å². The number of hydrogen-bond donors (Lipinski definition) is 2. The van der Waals surface area contributed by atoms with Crippen molar-refractivity contribution in [3.8, 4) is 16.3 Å². The van der Waals surface area contributed by atoms with Crippen LogP contribution in [-0.2, 0) is 0 Å². The first kappa shape index (κ1) is 17.5. The molecule has 0 aliphatic carbocycles. The van der Waals surface area contributed by atoms with E-state index in [1.165, 1.54) is 11.3 Å². The number of nitrogens with one attached hydrogen (secondary N) is 2. The van der Waals surface area contributed by atoms with Crippen LogP contribution in [0.2, 0.25) is 10.0 Å². The highest BCUT2D eigenvalue weighted by Crippen LogP contribution is 2.33. The summed E-state index contributed by atoms with van der Waals surface area (Å²) in [4.78, 5) is 12.0. The lowest BCUT2D eigenvalue weighted by Crippen LogP contribution is -2.19. The highest BCUT2D eigenvalue weighted by atomic mass is 35.5. The van der Waals surface area contributed by atoms with Crippen LogP contribution in [-0.4, -0.2) is 23.3 Å². The predicted octanol–water partition coefficient (Wildman–Crippen LogP) is 5.16. The molecule has 0 bridgehead atoms. The van der Waals surface area contributed by atoms with Crippen molar-refractivity contribution < 1.29 is 9.53 Å². The lowest BCUT2D eigenvalue weighted by molar-refractivity contribution is 0.262. The summed E-state index contributed by atoms with van der Waals surface area (Å²) in [5.74, 6) is 0.708. The molecule has 128 valence electrons. The molecule has 0 saturated heterocycles. The average Bonchev–Trinajstić information content (AvgIpc) is 3.03. The van der Waals surface area contributed by atoms with Crippen LogP contribution in [0.1, 0.15) is 0 Å². The summed E-state index contributed by atoms with van der Waals surface area (Å²) < 4.78 is 5.07. The van der Waals surface area contributed by atoms with E-state index in [9.17, 15) is 4.79 Å². The van der Waals surface area contributed by atoms with Crippen LogP contribution in [0.4, 0.5) is 15.6 Å².